The van der Waals surface area contributed by atoms with Crippen molar-refractivity contribution in [2.24, 2.45) is 0 Å². The molecule has 4 heteroatoms. The van der Waals surface area contributed by atoms with Crippen LogP contribution >= 0.6 is 0 Å². The SMILES string of the molecule is CC1(C)OB(n2cccc2)OC1(C)C. The Hall–Kier alpha value is -0.735. The van der Waals surface area contributed by atoms with Crippen LogP contribution in [0, 0.1) is 0 Å². The molecule has 0 unspecified atom stereocenters. The van der Waals surface area contributed by atoms with Crippen LogP contribution in [-0.2, 0) is 9.31 Å². The maximum atomic E-state index is 5.85. The molecule has 1 fully saturated rings. The van der Waals surface area contributed by atoms with Crippen molar-refractivity contribution in [3.8, 4) is 0 Å². The van der Waals surface area contributed by atoms with Gasteiger partial charge < -0.3 is 13.8 Å². The van der Waals surface area contributed by atoms with Gasteiger partial charge in [0.1, 0.15) is 0 Å². The van der Waals surface area contributed by atoms with Gasteiger partial charge in [-0.3, -0.25) is 0 Å². The lowest BCUT2D eigenvalue weighted by atomic mass is 9.90. The van der Waals surface area contributed by atoms with Crippen LogP contribution in [0.25, 0.3) is 0 Å². The van der Waals surface area contributed by atoms with Crippen molar-refractivity contribution in [2.75, 3.05) is 0 Å². The minimum absolute atomic E-state index is 0.262. The number of hydrogen-bond acceptors (Lipinski definition) is 2. The largest absolute Gasteiger partial charge is 0.598 e. The molecule has 1 aliphatic heterocycles. The highest BCUT2D eigenvalue weighted by Crippen LogP contribution is 2.36. The normalized spacial score (nSPS) is 24.1. The van der Waals surface area contributed by atoms with Crippen molar-refractivity contribution in [1.82, 2.24) is 4.48 Å². The number of nitrogens with zero attached hydrogens (tertiary/aromatic N) is 1. The maximum Gasteiger partial charge on any atom is 0.598 e. The fourth-order valence-electron chi connectivity index (χ4n) is 1.42. The molecule has 3 nitrogen and oxygen atoms in total. The summed E-state index contributed by atoms with van der Waals surface area (Å²) in [6.45, 7) is 8.21. The van der Waals surface area contributed by atoms with Crippen LogP contribution in [0.15, 0.2) is 24.5 Å². The first kappa shape index (κ1) is 9.81. The van der Waals surface area contributed by atoms with E-state index in [1.165, 1.54) is 0 Å². The van der Waals surface area contributed by atoms with Gasteiger partial charge in [-0.25, -0.2) is 0 Å². The van der Waals surface area contributed by atoms with E-state index in [0.29, 0.717) is 0 Å². The molecule has 0 spiro atoms. The van der Waals surface area contributed by atoms with Crippen LogP contribution < -0.4 is 0 Å². The zero-order chi connectivity index (χ0) is 10.4. The third-order valence-corrected chi connectivity index (χ3v) is 3.11. The molecule has 1 aliphatic rings. The van der Waals surface area contributed by atoms with Gasteiger partial charge in [0.2, 0.25) is 0 Å². The van der Waals surface area contributed by atoms with Gasteiger partial charge in [-0.2, -0.15) is 0 Å². The molecule has 14 heavy (non-hydrogen) atoms. The van der Waals surface area contributed by atoms with E-state index >= 15 is 0 Å². The van der Waals surface area contributed by atoms with Crippen LogP contribution in [0.3, 0.4) is 0 Å². The summed E-state index contributed by atoms with van der Waals surface area (Å²) in [7, 11) is -0.296. The van der Waals surface area contributed by atoms with E-state index in [1.807, 2.05) is 29.0 Å². The van der Waals surface area contributed by atoms with Gasteiger partial charge in [0.25, 0.3) is 0 Å². The summed E-state index contributed by atoms with van der Waals surface area (Å²) in [5, 5.41) is 0. The molecular formula is C10H16BNO2. The van der Waals surface area contributed by atoms with Gasteiger partial charge in [-0.1, -0.05) is 0 Å². The van der Waals surface area contributed by atoms with Gasteiger partial charge in [0.05, 0.1) is 11.2 Å². The highest BCUT2D eigenvalue weighted by molar-refractivity contribution is 6.43. The Morgan fingerprint density at radius 1 is 0.929 bits per heavy atom. The second-order valence-electron chi connectivity index (χ2n) is 4.69. The summed E-state index contributed by atoms with van der Waals surface area (Å²) in [6, 6.07) is 3.93. The Morgan fingerprint density at radius 2 is 1.36 bits per heavy atom. The molecule has 0 atom stereocenters. The predicted molar refractivity (Wildman–Crippen MR) is 55.9 cm³/mol. The summed E-state index contributed by atoms with van der Waals surface area (Å²) < 4.78 is 13.6. The molecule has 76 valence electrons. The smallest absolute Gasteiger partial charge is 0.384 e. The zero-order valence-corrected chi connectivity index (χ0v) is 9.15. The Bertz CT molecular complexity index is 303. The molecule has 2 rings (SSSR count). The van der Waals surface area contributed by atoms with Crippen molar-refractivity contribution in [3.05, 3.63) is 24.5 Å². The van der Waals surface area contributed by atoms with Crippen molar-refractivity contribution < 1.29 is 9.31 Å². The molecule has 0 saturated carbocycles. The number of hydrogen-bond donors (Lipinski definition) is 0. The van der Waals surface area contributed by atoms with Crippen LogP contribution in [-0.4, -0.2) is 22.9 Å². The van der Waals surface area contributed by atoms with Crippen LogP contribution in [0.5, 0.6) is 0 Å². The summed E-state index contributed by atoms with van der Waals surface area (Å²) in [4.78, 5) is 0. The first-order valence-corrected chi connectivity index (χ1v) is 4.90. The molecular weight excluding hydrogens is 177 g/mol. The summed E-state index contributed by atoms with van der Waals surface area (Å²) in [5.74, 6) is 0. The van der Waals surface area contributed by atoms with E-state index in [-0.39, 0.29) is 18.5 Å². The van der Waals surface area contributed by atoms with E-state index in [2.05, 4.69) is 27.7 Å². The van der Waals surface area contributed by atoms with Gasteiger partial charge in [-0.15, -0.1) is 0 Å². The fraction of sp³-hybridized carbons (Fsp3) is 0.600. The van der Waals surface area contributed by atoms with E-state index in [9.17, 15) is 0 Å². The molecule has 1 aromatic rings. The maximum absolute atomic E-state index is 5.85. The Labute approximate surface area is 85.2 Å². The van der Waals surface area contributed by atoms with Crippen molar-refractivity contribution in [3.63, 3.8) is 0 Å². The van der Waals surface area contributed by atoms with Gasteiger partial charge in [0, 0.05) is 0 Å². The monoisotopic (exact) mass is 193 g/mol. The number of rotatable bonds is 1. The molecule has 2 heterocycles. The van der Waals surface area contributed by atoms with Gasteiger partial charge in [0.15, 0.2) is 0 Å². The first-order valence-electron chi connectivity index (χ1n) is 4.90. The molecule has 0 aliphatic carbocycles. The average molecular weight is 193 g/mol. The van der Waals surface area contributed by atoms with E-state index < -0.39 is 0 Å². The topological polar surface area (TPSA) is 23.4 Å². The van der Waals surface area contributed by atoms with Crippen LogP contribution in [0.2, 0.25) is 0 Å². The van der Waals surface area contributed by atoms with Crippen LogP contribution in [0.4, 0.5) is 0 Å². The highest BCUT2D eigenvalue weighted by atomic mass is 16.7. The average Bonchev–Trinajstić information content (AvgIpc) is 2.58. The fourth-order valence-corrected chi connectivity index (χ4v) is 1.42. The van der Waals surface area contributed by atoms with Crippen LogP contribution in [0.1, 0.15) is 27.7 Å². The van der Waals surface area contributed by atoms with Crippen molar-refractivity contribution in [1.29, 1.82) is 0 Å². The lowest BCUT2D eigenvalue weighted by Crippen LogP contribution is -2.41. The Kier molecular flexibility index (Phi) is 2.01. The minimum Gasteiger partial charge on any atom is -0.384 e. The Balaban J connectivity index is 2.22. The molecule has 0 amide bonds. The molecule has 1 saturated heterocycles. The molecule has 0 radical (unpaired) electrons. The number of aromatic nitrogens is 1. The molecule has 0 bridgehead atoms. The predicted octanol–water partition coefficient (Wildman–Crippen LogP) is 1.93. The standard InChI is InChI=1S/C10H16BNO2/c1-9(2)10(3,4)14-11(13-9)12-7-5-6-8-12/h5-8H,1-4H3. The second kappa shape index (κ2) is 2.88. The zero-order valence-electron chi connectivity index (χ0n) is 9.15. The highest BCUT2D eigenvalue weighted by Gasteiger charge is 2.52. The van der Waals surface area contributed by atoms with Crippen molar-refractivity contribution >= 4 is 7.25 Å². The van der Waals surface area contributed by atoms with Crippen molar-refractivity contribution in [2.45, 2.75) is 38.9 Å². The molecule has 0 N–H and O–H groups in total. The molecule has 0 aromatic carbocycles. The summed E-state index contributed by atoms with van der Waals surface area (Å²) in [6.07, 6.45) is 3.89. The third-order valence-electron chi connectivity index (χ3n) is 3.11. The second-order valence-corrected chi connectivity index (χ2v) is 4.69. The van der Waals surface area contributed by atoms with E-state index in [0.717, 1.165) is 0 Å². The quantitative estimate of drug-likeness (QED) is 0.636. The van der Waals surface area contributed by atoms with Gasteiger partial charge in [-0.05, 0) is 52.2 Å². The van der Waals surface area contributed by atoms with E-state index in [4.69, 9.17) is 9.31 Å². The minimum atomic E-state index is -0.296. The van der Waals surface area contributed by atoms with E-state index in [1.54, 1.807) is 0 Å². The summed E-state index contributed by atoms with van der Waals surface area (Å²) in [5.41, 5.74) is -0.524. The summed E-state index contributed by atoms with van der Waals surface area (Å²) >= 11 is 0. The Morgan fingerprint density at radius 3 is 1.79 bits per heavy atom. The third kappa shape index (κ3) is 1.39. The lowest BCUT2D eigenvalue weighted by molar-refractivity contribution is 0.00578. The van der Waals surface area contributed by atoms with Gasteiger partial charge >= 0.3 is 7.25 Å². The lowest BCUT2D eigenvalue weighted by Gasteiger charge is -2.32. The molecule has 1 aromatic heterocycles. The first-order chi connectivity index (χ1) is 6.42.